The van der Waals surface area contributed by atoms with E-state index in [1.165, 1.54) is 24.3 Å². The summed E-state index contributed by atoms with van der Waals surface area (Å²) in [5, 5.41) is 15.6. The number of aromatic nitrogens is 1. The zero-order chi connectivity index (χ0) is 27.5. The number of anilines is 1. The molecule has 1 unspecified atom stereocenters. The van der Waals surface area contributed by atoms with Crippen LogP contribution in [0.4, 0.5) is 9.93 Å². The van der Waals surface area contributed by atoms with Gasteiger partial charge in [-0.15, -0.1) is 23.1 Å². The summed E-state index contributed by atoms with van der Waals surface area (Å²) in [4.78, 5) is 65.4. The van der Waals surface area contributed by atoms with Gasteiger partial charge in [0.25, 0.3) is 5.91 Å². The molecule has 202 valence electrons. The normalized spacial score (nSPS) is 19.9. The summed E-state index contributed by atoms with van der Waals surface area (Å²) in [6.45, 7) is 0.664. The largest absolute Gasteiger partial charge is 0.477 e. The van der Waals surface area contributed by atoms with Crippen molar-refractivity contribution in [1.29, 1.82) is 0 Å². The Bertz CT molecular complexity index is 1140. The number of carbonyl (C=O) groups is 5. The molecule has 0 spiro atoms. The van der Waals surface area contributed by atoms with Crippen LogP contribution < -0.4 is 10.6 Å². The molecule has 18 heteroatoms. The van der Waals surface area contributed by atoms with Crippen molar-refractivity contribution in [3.05, 3.63) is 22.3 Å². The zero-order valence-corrected chi connectivity index (χ0v) is 22.9. The second-order valence-electron chi connectivity index (χ2n) is 7.45. The second-order valence-corrected chi connectivity index (χ2v) is 11.9. The van der Waals surface area contributed by atoms with E-state index in [0.717, 1.165) is 23.2 Å². The third kappa shape index (κ3) is 7.39. The predicted octanol–water partition coefficient (Wildman–Crippen LogP) is 1.88. The molecule has 13 nitrogen and oxygen atoms in total. The number of carbonyl (C=O) groups excluding carboxylic acids is 4. The van der Waals surface area contributed by atoms with E-state index in [2.05, 4.69) is 15.6 Å². The van der Waals surface area contributed by atoms with Gasteiger partial charge in [0.05, 0.1) is 12.1 Å². The molecule has 1 fully saturated rings. The van der Waals surface area contributed by atoms with Crippen LogP contribution in [-0.4, -0.2) is 85.8 Å². The molecule has 37 heavy (non-hydrogen) atoms. The molecule has 3 rings (SSSR count). The number of thiazole rings is 1. The number of alkyl halides is 3. The first-order valence-corrected chi connectivity index (χ1v) is 13.2. The van der Waals surface area contributed by atoms with Crippen molar-refractivity contribution in [3.8, 4) is 0 Å². The number of amides is 3. The van der Waals surface area contributed by atoms with Gasteiger partial charge in [0.2, 0.25) is 16.0 Å². The first kappa shape index (κ1) is 29.3. The van der Waals surface area contributed by atoms with Gasteiger partial charge in [-0.2, -0.15) is 0 Å². The summed E-state index contributed by atoms with van der Waals surface area (Å²) in [6.07, 6.45) is -2.39. The number of esters is 1. The standard InChI is InChI=1S/C19H19Cl3N4O9S2/c1-7(27)35-16(33-2)9-5-36-14-11(13(29)26(14)12(9)15(30)31)24-10(28)3-8-4-37-17(23-8)25-18(32)34-6-19(20,21)22/h4,11,14,16H,3,5-6H2,1-2H3,(H,24,28)(H,30,31)(H,23,25,32)/t11-,14+,16?/m0/s1. The monoisotopic (exact) mass is 616 g/mol. The molecule has 0 aliphatic carbocycles. The van der Waals surface area contributed by atoms with E-state index in [1.807, 2.05) is 0 Å². The van der Waals surface area contributed by atoms with Crippen LogP contribution in [0.3, 0.4) is 0 Å². The molecule has 1 aromatic rings. The fourth-order valence-corrected chi connectivity index (χ4v) is 5.56. The van der Waals surface area contributed by atoms with Gasteiger partial charge in [-0.3, -0.25) is 24.6 Å². The molecule has 1 saturated heterocycles. The quantitative estimate of drug-likeness (QED) is 0.160. The highest BCUT2D eigenvalue weighted by Gasteiger charge is 2.55. The van der Waals surface area contributed by atoms with Gasteiger partial charge in [-0.25, -0.2) is 14.6 Å². The van der Waals surface area contributed by atoms with Crippen LogP contribution in [-0.2, 0) is 39.8 Å². The molecule has 0 bridgehead atoms. The Kier molecular flexibility index (Phi) is 9.52. The molecule has 2 aliphatic rings. The van der Waals surface area contributed by atoms with Crippen LogP contribution in [0.1, 0.15) is 12.6 Å². The lowest BCUT2D eigenvalue weighted by Gasteiger charge is -2.49. The number of hydrogen-bond acceptors (Lipinski definition) is 11. The van der Waals surface area contributed by atoms with Crippen molar-refractivity contribution in [2.45, 2.75) is 34.8 Å². The topological polar surface area (TPSA) is 173 Å². The van der Waals surface area contributed by atoms with Crippen molar-refractivity contribution in [1.82, 2.24) is 15.2 Å². The molecule has 0 aromatic carbocycles. The highest BCUT2D eigenvalue weighted by molar-refractivity contribution is 8.00. The number of ether oxygens (including phenoxy) is 3. The number of β-lactam (4-membered cyclic amide) rings is 1. The van der Waals surface area contributed by atoms with E-state index in [-0.39, 0.29) is 28.6 Å². The number of fused-ring (bicyclic) bond motifs is 1. The maximum absolute atomic E-state index is 12.8. The number of nitrogens with zero attached hydrogens (tertiary/aromatic N) is 2. The highest BCUT2D eigenvalue weighted by Crippen LogP contribution is 2.41. The Balaban J connectivity index is 1.60. The van der Waals surface area contributed by atoms with Crippen molar-refractivity contribution in [3.63, 3.8) is 0 Å². The average molecular weight is 618 g/mol. The molecular formula is C19H19Cl3N4O9S2. The molecular weight excluding hydrogens is 599 g/mol. The van der Waals surface area contributed by atoms with Crippen LogP contribution >= 0.6 is 57.9 Å². The van der Waals surface area contributed by atoms with Crippen molar-refractivity contribution < 1.29 is 43.3 Å². The van der Waals surface area contributed by atoms with Gasteiger partial charge in [0.15, 0.2) is 5.13 Å². The lowest BCUT2D eigenvalue weighted by atomic mass is 10.0. The lowest BCUT2D eigenvalue weighted by Crippen LogP contribution is -2.71. The number of rotatable bonds is 9. The fraction of sp³-hybridized carbons (Fsp3) is 0.474. The molecule has 0 radical (unpaired) electrons. The average Bonchev–Trinajstić information content (AvgIpc) is 3.24. The van der Waals surface area contributed by atoms with Crippen molar-refractivity contribution in [2.24, 2.45) is 0 Å². The molecule has 3 amide bonds. The number of hydrogen-bond donors (Lipinski definition) is 3. The lowest BCUT2D eigenvalue weighted by molar-refractivity contribution is -0.165. The number of carboxylic acids is 1. The summed E-state index contributed by atoms with van der Waals surface area (Å²) < 4.78 is 13.1. The minimum Gasteiger partial charge on any atom is -0.477 e. The highest BCUT2D eigenvalue weighted by atomic mass is 35.6. The third-order valence-corrected chi connectivity index (χ3v) is 7.19. The van der Waals surface area contributed by atoms with E-state index in [1.54, 1.807) is 0 Å². The van der Waals surface area contributed by atoms with E-state index in [0.29, 0.717) is 5.69 Å². The number of aliphatic carboxylic acids is 1. The SMILES string of the molecule is COC(OC(C)=O)C1=C(C(=O)O)N2C(=O)[C@H](NC(=O)Cc3csc(NC(=O)OCC(Cl)(Cl)Cl)n3)[C@H]2SC1. The Morgan fingerprint density at radius 2 is 2.03 bits per heavy atom. The number of halogens is 3. The van der Waals surface area contributed by atoms with Crippen LogP contribution in [0.5, 0.6) is 0 Å². The first-order valence-electron chi connectivity index (χ1n) is 10.2. The zero-order valence-electron chi connectivity index (χ0n) is 19.0. The Morgan fingerprint density at radius 3 is 2.62 bits per heavy atom. The summed E-state index contributed by atoms with van der Waals surface area (Å²) in [5.74, 6) is -3.19. The predicted molar refractivity (Wildman–Crippen MR) is 133 cm³/mol. The molecule has 3 heterocycles. The number of methoxy groups -OCH3 is 1. The Hall–Kier alpha value is -2.30. The minimum absolute atomic E-state index is 0.0870. The van der Waals surface area contributed by atoms with Crippen LogP contribution in [0, 0.1) is 0 Å². The second kappa shape index (κ2) is 12.0. The smallest absolute Gasteiger partial charge is 0.413 e. The molecule has 2 aliphatic heterocycles. The Labute approximate surface area is 232 Å². The number of thioether (sulfide) groups is 1. The van der Waals surface area contributed by atoms with Gasteiger partial charge in [0, 0.05) is 30.7 Å². The molecule has 3 N–H and O–H groups in total. The summed E-state index contributed by atoms with van der Waals surface area (Å²) in [6, 6.07) is -0.976. The van der Waals surface area contributed by atoms with Crippen molar-refractivity contribution in [2.75, 3.05) is 24.8 Å². The Morgan fingerprint density at radius 1 is 1.32 bits per heavy atom. The van der Waals surface area contributed by atoms with E-state index < -0.39 is 58.0 Å². The summed E-state index contributed by atoms with van der Waals surface area (Å²) >= 11 is 18.7. The minimum atomic E-state index is -1.77. The number of nitrogens with one attached hydrogen (secondary N) is 2. The van der Waals surface area contributed by atoms with Crippen LogP contribution in [0.2, 0.25) is 0 Å². The summed E-state index contributed by atoms with van der Waals surface area (Å²) in [5.41, 5.74) is 0.0560. The maximum atomic E-state index is 12.8. The van der Waals surface area contributed by atoms with Gasteiger partial charge in [0.1, 0.15) is 23.7 Å². The first-order chi connectivity index (χ1) is 17.3. The third-order valence-electron chi connectivity index (χ3n) is 4.76. The van der Waals surface area contributed by atoms with Crippen LogP contribution in [0.25, 0.3) is 0 Å². The fourth-order valence-electron chi connectivity index (χ4n) is 3.34. The molecule has 0 saturated carbocycles. The van der Waals surface area contributed by atoms with Gasteiger partial charge in [-0.1, -0.05) is 34.8 Å². The van der Waals surface area contributed by atoms with E-state index >= 15 is 0 Å². The van der Waals surface area contributed by atoms with Gasteiger partial charge < -0.3 is 24.6 Å². The van der Waals surface area contributed by atoms with Crippen LogP contribution in [0.15, 0.2) is 16.7 Å². The molecule has 1 aromatic heterocycles. The van der Waals surface area contributed by atoms with Gasteiger partial charge in [-0.05, 0) is 0 Å². The van der Waals surface area contributed by atoms with E-state index in [4.69, 9.17) is 49.0 Å². The molecule has 3 atom stereocenters. The van der Waals surface area contributed by atoms with Gasteiger partial charge >= 0.3 is 18.0 Å². The number of carboxylic acid groups (broad SMARTS) is 1. The maximum Gasteiger partial charge on any atom is 0.413 e. The van der Waals surface area contributed by atoms with Crippen molar-refractivity contribution >= 4 is 92.9 Å². The van der Waals surface area contributed by atoms with E-state index in [9.17, 15) is 29.1 Å². The summed E-state index contributed by atoms with van der Waals surface area (Å²) in [7, 11) is 1.24.